The SMILES string of the molecule is CC(C)c1cc(C(=O)NC2C3CCCC2CC(N)C3)n[nH]1. The van der Waals surface area contributed by atoms with E-state index in [1.54, 1.807) is 0 Å². The maximum absolute atomic E-state index is 12.4. The molecule has 1 aromatic heterocycles. The molecule has 5 nitrogen and oxygen atoms in total. The zero-order valence-corrected chi connectivity index (χ0v) is 12.9. The first-order valence-electron chi connectivity index (χ1n) is 8.16. The first-order chi connectivity index (χ1) is 10.0. The summed E-state index contributed by atoms with van der Waals surface area (Å²) < 4.78 is 0. The third kappa shape index (κ3) is 2.98. The summed E-state index contributed by atoms with van der Waals surface area (Å²) in [5.74, 6) is 1.39. The third-order valence-corrected chi connectivity index (χ3v) is 5.13. The van der Waals surface area contributed by atoms with Crippen molar-refractivity contribution in [3.63, 3.8) is 0 Å². The summed E-state index contributed by atoms with van der Waals surface area (Å²) in [6.45, 7) is 4.17. The minimum Gasteiger partial charge on any atom is -0.347 e. The van der Waals surface area contributed by atoms with Crippen molar-refractivity contribution >= 4 is 5.91 Å². The van der Waals surface area contributed by atoms with Crippen molar-refractivity contribution in [3.8, 4) is 0 Å². The van der Waals surface area contributed by atoms with Gasteiger partial charge in [0.05, 0.1) is 0 Å². The second-order valence-corrected chi connectivity index (χ2v) is 7.05. The zero-order chi connectivity index (χ0) is 15.0. The largest absolute Gasteiger partial charge is 0.347 e. The second-order valence-electron chi connectivity index (χ2n) is 7.05. The Morgan fingerprint density at radius 2 is 2.05 bits per heavy atom. The van der Waals surface area contributed by atoms with E-state index in [1.165, 1.54) is 19.3 Å². The molecule has 1 heterocycles. The lowest BCUT2D eigenvalue weighted by molar-refractivity contribution is 0.0751. The van der Waals surface area contributed by atoms with Gasteiger partial charge in [-0.25, -0.2) is 0 Å². The number of hydrogen-bond donors (Lipinski definition) is 3. The van der Waals surface area contributed by atoms with Crippen LogP contribution in [-0.2, 0) is 0 Å². The number of nitrogens with one attached hydrogen (secondary N) is 2. The Labute approximate surface area is 126 Å². The molecule has 4 N–H and O–H groups in total. The number of H-pyrrole nitrogens is 1. The fourth-order valence-corrected chi connectivity index (χ4v) is 4.00. The molecule has 2 bridgehead atoms. The van der Waals surface area contributed by atoms with Gasteiger partial charge in [-0.1, -0.05) is 20.3 Å². The molecule has 2 saturated carbocycles. The van der Waals surface area contributed by atoms with E-state index in [0.717, 1.165) is 18.5 Å². The molecule has 0 aromatic carbocycles. The van der Waals surface area contributed by atoms with E-state index in [9.17, 15) is 4.79 Å². The lowest BCUT2D eigenvalue weighted by Crippen LogP contribution is -2.53. The summed E-state index contributed by atoms with van der Waals surface area (Å²) in [7, 11) is 0. The molecule has 3 rings (SSSR count). The number of nitrogens with zero attached hydrogens (tertiary/aromatic N) is 1. The van der Waals surface area contributed by atoms with Crippen LogP contribution in [0.4, 0.5) is 0 Å². The first kappa shape index (κ1) is 14.6. The van der Waals surface area contributed by atoms with Crippen LogP contribution >= 0.6 is 0 Å². The molecule has 0 aliphatic heterocycles. The molecule has 0 spiro atoms. The van der Waals surface area contributed by atoms with Gasteiger partial charge in [-0.05, 0) is 49.5 Å². The van der Waals surface area contributed by atoms with Crippen molar-refractivity contribution in [3.05, 3.63) is 17.5 Å². The second kappa shape index (κ2) is 5.79. The van der Waals surface area contributed by atoms with Gasteiger partial charge in [-0.15, -0.1) is 0 Å². The smallest absolute Gasteiger partial charge is 0.272 e. The van der Waals surface area contributed by atoms with Crippen molar-refractivity contribution < 1.29 is 4.79 Å². The van der Waals surface area contributed by atoms with Crippen LogP contribution < -0.4 is 11.1 Å². The van der Waals surface area contributed by atoms with E-state index in [1.807, 2.05) is 6.07 Å². The summed E-state index contributed by atoms with van der Waals surface area (Å²) in [6, 6.07) is 2.46. The molecular formula is C16H26N4O. The third-order valence-electron chi connectivity index (χ3n) is 5.13. The number of aromatic nitrogens is 2. The fourth-order valence-electron chi connectivity index (χ4n) is 4.00. The molecule has 2 atom stereocenters. The number of rotatable bonds is 3. The van der Waals surface area contributed by atoms with E-state index >= 15 is 0 Å². The molecule has 2 fully saturated rings. The van der Waals surface area contributed by atoms with Crippen molar-refractivity contribution in [2.45, 2.75) is 64.0 Å². The Kier molecular flexibility index (Phi) is 4.02. The Morgan fingerprint density at radius 1 is 1.38 bits per heavy atom. The quantitative estimate of drug-likeness (QED) is 0.797. The molecule has 21 heavy (non-hydrogen) atoms. The molecule has 1 amide bonds. The Bertz CT molecular complexity index is 496. The van der Waals surface area contributed by atoms with E-state index < -0.39 is 0 Å². The van der Waals surface area contributed by atoms with E-state index in [0.29, 0.717) is 29.5 Å². The average Bonchev–Trinajstić information content (AvgIpc) is 2.89. The maximum atomic E-state index is 12.4. The van der Waals surface area contributed by atoms with Crippen LogP contribution in [0.15, 0.2) is 6.07 Å². The fraction of sp³-hybridized carbons (Fsp3) is 0.750. The lowest BCUT2D eigenvalue weighted by atomic mass is 9.67. The monoisotopic (exact) mass is 290 g/mol. The van der Waals surface area contributed by atoms with Gasteiger partial charge < -0.3 is 11.1 Å². The van der Waals surface area contributed by atoms with Gasteiger partial charge in [0, 0.05) is 17.8 Å². The van der Waals surface area contributed by atoms with Crippen molar-refractivity contribution in [1.82, 2.24) is 15.5 Å². The lowest BCUT2D eigenvalue weighted by Gasteiger charge is -2.45. The summed E-state index contributed by atoms with van der Waals surface area (Å²) in [4.78, 5) is 12.4. The summed E-state index contributed by atoms with van der Waals surface area (Å²) >= 11 is 0. The number of carbonyl (C=O) groups is 1. The minimum atomic E-state index is -0.0458. The molecule has 5 heteroatoms. The van der Waals surface area contributed by atoms with Gasteiger partial charge in [-0.3, -0.25) is 9.89 Å². The van der Waals surface area contributed by atoms with Crippen LogP contribution in [0.1, 0.15) is 68.1 Å². The highest BCUT2D eigenvalue weighted by molar-refractivity contribution is 5.92. The van der Waals surface area contributed by atoms with Crippen LogP contribution in [0.3, 0.4) is 0 Å². The van der Waals surface area contributed by atoms with Gasteiger partial charge in [0.2, 0.25) is 0 Å². The molecule has 116 valence electrons. The van der Waals surface area contributed by atoms with Gasteiger partial charge >= 0.3 is 0 Å². The highest BCUT2D eigenvalue weighted by Crippen LogP contribution is 2.39. The summed E-state index contributed by atoms with van der Waals surface area (Å²) in [5.41, 5.74) is 7.65. The van der Waals surface area contributed by atoms with Gasteiger partial charge in [0.1, 0.15) is 5.69 Å². The van der Waals surface area contributed by atoms with Gasteiger partial charge in [0.25, 0.3) is 5.91 Å². The number of amides is 1. The number of fused-ring (bicyclic) bond motifs is 2. The first-order valence-corrected chi connectivity index (χ1v) is 8.16. The van der Waals surface area contributed by atoms with Crippen molar-refractivity contribution in [1.29, 1.82) is 0 Å². The van der Waals surface area contributed by atoms with Crippen LogP contribution in [0.5, 0.6) is 0 Å². The summed E-state index contributed by atoms with van der Waals surface area (Å²) in [6.07, 6.45) is 5.73. The van der Waals surface area contributed by atoms with E-state index in [-0.39, 0.29) is 11.9 Å². The highest BCUT2D eigenvalue weighted by atomic mass is 16.2. The van der Waals surface area contributed by atoms with Crippen molar-refractivity contribution in [2.24, 2.45) is 17.6 Å². The Hall–Kier alpha value is -1.36. The molecule has 1 aromatic rings. The minimum absolute atomic E-state index is 0.0458. The number of hydrogen-bond acceptors (Lipinski definition) is 3. The predicted octanol–water partition coefficient (Wildman–Crippen LogP) is 2.17. The molecule has 2 aliphatic carbocycles. The molecule has 0 saturated heterocycles. The number of nitrogens with two attached hydrogens (primary N) is 1. The number of aromatic amines is 1. The van der Waals surface area contributed by atoms with Crippen LogP contribution in [0.2, 0.25) is 0 Å². The van der Waals surface area contributed by atoms with Gasteiger partial charge in [0.15, 0.2) is 0 Å². The van der Waals surface area contributed by atoms with Crippen LogP contribution in [0.25, 0.3) is 0 Å². The average molecular weight is 290 g/mol. The van der Waals surface area contributed by atoms with Gasteiger partial charge in [-0.2, -0.15) is 5.10 Å². The highest BCUT2D eigenvalue weighted by Gasteiger charge is 2.40. The molecule has 2 aliphatic rings. The molecular weight excluding hydrogens is 264 g/mol. The molecule has 0 radical (unpaired) electrons. The standard InChI is InChI=1S/C16H26N4O/c1-9(2)13-8-14(20-19-13)16(21)18-15-10-4-3-5-11(15)7-12(17)6-10/h8-12,15H,3-7,17H2,1-2H3,(H,18,21)(H,19,20). The normalized spacial score (nSPS) is 32.2. The maximum Gasteiger partial charge on any atom is 0.272 e. The predicted molar refractivity (Wildman–Crippen MR) is 82.0 cm³/mol. The van der Waals surface area contributed by atoms with E-state index in [4.69, 9.17) is 5.73 Å². The topological polar surface area (TPSA) is 83.8 Å². The van der Waals surface area contributed by atoms with E-state index in [2.05, 4.69) is 29.4 Å². The van der Waals surface area contributed by atoms with Crippen molar-refractivity contribution in [2.75, 3.05) is 0 Å². The van der Waals surface area contributed by atoms with Crippen LogP contribution in [-0.4, -0.2) is 28.2 Å². The zero-order valence-electron chi connectivity index (χ0n) is 12.9. The molecule has 2 unspecified atom stereocenters. The van der Waals surface area contributed by atoms with Crippen LogP contribution in [0, 0.1) is 11.8 Å². The summed E-state index contributed by atoms with van der Waals surface area (Å²) in [5, 5.41) is 10.3. The number of carbonyl (C=O) groups excluding carboxylic acids is 1. The Balaban J connectivity index is 1.69. The Morgan fingerprint density at radius 3 is 2.62 bits per heavy atom.